The molecule has 0 spiro atoms. The predicted molar refractivity (Wildman–Crippen MR) is 110 cm³/mol. The van der Waals surface area contributed by atoms with Crippen molar-refractivity contribution in [3.05, 3.63) is 94.5 Å². The number of nitrogens with zero attached hydrogens (tertiary/aromatic N) is 2. The number of hydrogen-bond acceptors (Lipinski definition) is 5. The lowest BCUT2D eigenvalue weighted by Gasteiger charge is -2.30. The normalized spacial score (nSPS) is 16.9. The highest BCUT2D eigenvalue weighted by molar-refractivity contribution is 6.15. The standard InChI is InChI=1S/C24H20N2O3/c1-16-23-19(14-26(15-28-23)13-18-7-9-25-10-8-18)12-20-22(27)21(29-24(16)20)11-17-5-3-2-4-6-17/h2-12H,13-15H2,1H3. The van der Waals surface area contributed by atoms with E-state index in [0.29, 0.717) is 23.8 Å². The van der Waals surface area contributed by atoms with E-state index in [1.165, 1.54) is 5.56 Å². The maximum Gasteiger partial charge on any atom is 0.231 e. The number of carbonyl (C=O) groups is 1. The lowest BCUT2D eigenvalue weighted by Crippen LogP contribution is -2.32. The van der Waals surface area contributed by atoms with Crippen LogP contribution in [0.25, 0.3) is 6.08 Å². The molecule has 0 unspecified atom stereocenters. The van der Waals surface area contributed by atoms with E-state index in [0.717, 1.165) is 35.5 Å². The number of benzene rings is 2. The van der Waals surface area contributed by atoms with Crippen molar-refractivity contribution < 1.29 is 14.3 Å². The quantitative estimate of drug-likeness (QED) is 0.628. The molecule has 0 aliphatic carbocycles. The molecule has 0 saturated carbocycles. The first kappa shape index (κ1) is 17.6. The average Bonchev–Trinajstić information content (AvgIpc) is 3.05. The molecule has 3 aromatic rings. The minimum atomic E-state index is -0.0824. The Morgan fingerprint density at radius 1 is 1.10 bits per heavy atom. The Morgan fingerprint density at radius 3 is 2.69 bits per heavy atom. The fourth-order valence-corrected chi connectivity index (χ4v) is 3.84. The van der Waals surface area contributed by atoms with Crippen LogP contribution in [-0.2, 0) is 13.1 Å². The lowest BCUT2D eigenvalue weighted by molar-refractivity contribution is 0.0876. The van der Waals surface area contributed by atoms with Crippen molar-refractivity contribution in [1.82, 2.24) is 9.88 Å². The summed E-state index contributed by atoms with van der Waals surface area (Å²) >= 11 is 0. The van der Waals surface area contributed by atoms with Crippen LogP contribution in [-0.4, -0.2) is 22.4 Å². The zero-order valence-corrected chi connectivity index (χ0v) is 16.1. The topological polar surface area (TPSA) is 51.7 Å². The maximum absolute atomic E-state index is 13.0. The van der Waals surface area contributed by atoms with E-state index in [9.17, 15) is 4.79 Å². The van der Waals surface area contributed by atoms with Crippen molar-refractivity contribution in [1.29, 1.82) is 0 Å². The van der Waals surface area contributed by atoms with Crippen molar-refractivity contribution in [3.63, 3.8) is 0 Å². The van der Waals surface area contributed by atoms with Gasteiger partial charge in [-0.25, -0.2) is 0 Å². The number of aromatic nitrogens is 1. The Hall–Kier alpha value is -3.44. The van der Waals surface area contributed by atoms with Gasteiger partial charge in [0, 0.05) is 36.6 Å². The molecule has 2 aliphatic rings. The molecule has 0 atom stereocenters. The van der Waals surface area contributed by atoms with Crippen LogP contribution in [0.1, 0.15) is 32.6 Å². The van der Waals surface area contributed by atoms with E-state index < -0.39 is 0 Å². The number of allylic oxidation sites excluding steroid dienone is 1. The van der Waals surface area contributed by atoms with Crippen molar-refractivity contribution in [2.24, 2.45) is 0 Å². The van der Waals surface area contributed by atoms with Crippen molar-refractivity contribution in [3.8, 4) is 11.5 Å². The fourth-order valence-electron chi connectivity index (χ4n) is 3.84. The summed E-state index contributed by atoms with van der Waals surface area (Å²) in [4.78, 5) is 19.2. The Balaban J connectivity index is 1.44. The number of pyridine rings is 1. The predicted octanol–water partition coefficient (Wildman–Crippen LogP) is 4.36. The number of ether oxygens (including phenoxy) is 2. The van der Waals surface area contributed by atoms with E-state index in [4.69, 9.17) is 9.47 Å². The van der Waals surface area contributed by atoms with E-state index in [-0.39, 0.29) is 5.78 Å². The second-order valence-electron chi connectivity index (χ2n) is 7.33. The van der Waals surface area contributed by atoms with Crippen LogP contribution < -0.4 is 9.47 Å². The van der Waals surface area contributed by atoms with Crippen LogP contribution in [0.3, 0.4) is 0 Å². The maximum atomic E-state index is 13.0. The summed E-state index contributed by atoms with van der Waals surface area (Å²) in [6, 6.07) is 15.6. The van der Waals surface area contributed by atoms with Crippen LogP contribution >= 0.6 is 0 Å². The summed E-state index contributed by atoms with van der Waals surface area (Å²) in [6.45, 7) is 3.93. The molecule has 1 aromatic heterocycles. The molecule has 5 rings (SSSR count). The molecule has 0 saturated heterocycles. The summed E-state index contributed by atoms with van der Waals surface area (Å²) < 4.78 is 12.0. The first-order chi connectivity index (χ1) is 14.2. The van der Waals surface area contributed by atoms with Crippen LogP contribution in [0.15, 0.2) is 66.7 Å². The number of Topliss-reactive ketones (excluding diaryl/α,β-unsaturated/α-hetero) is 1. The number of fused-ring (bicyclic) bond motifs is 2. The number of rotatable bonds is 3. The van der Waals surface area contributed by atoms with Gasteiger partial charge in [-0.3, -0.25) is 14.7 Å². The van der Waals surface area contributed by atoms with Gasteiger partial charge in [-0.05, 0) is 42.3 Å². The van der Waals surface area contributed by atoms with Gasteiger partial charge < -0.3 is 9.47 Å². The molecule has 0 fully saturated rings. The SMILES string of the molecule is Cc1c2c(cc3c1OC(=Cc1ccccc1)C3=O)CN(Cc1ccncc1)CO2. The zero-order valence-electron chi connectivity index (χ0n) is 16.1. The van der Waals surface area contributed by atoms with Gasteiger partial charge in [0.05, 0.1) is 5.56 Å². The van der Waals surface area contributed by atoms with Crippen molar-refractivity contribution >= 4 is 11.9 Å². The Morgan fingerprint density at radius 2 is 1.90 bits per heavy atom. The van der Waals surface area contributed by atoms with E-state index >= 15 is 0 Å². The van der Waals surface area contributed by atoms with Gasteiger partial charge in [0.1, 0.15) is 18.2 Å². The molecule has 5 heteroatoms. The third kappa shape index (κ3) is 3.30. The van der Waals surface area contributed by atoms with Gasteiger partial charge in [-0.1, -0.05) is 30.3 Å². The second-order valence-corrected chi connectivity index (χ2v) is 7.33. The summed E-state index contributed by atoms with van der Waals surface area (Å²) in [5, 5.41) is 0. The number of ketones is 1. The Kier molecular flexibility index (Phi) is 4.37. The molecular formula is C24H20N2O3. The van der Waals surface area contributed by atoms with Crippen molar-refractivity contribution in [2.75, 3.05) is 6.73 Å². The number of carbonyl (C=O) groups excluding carboxylic acids is 1. The molecule has 2 aromatic carbocycles. The molecule has 144 valence electrons. The molecule has 2 aliphatic heterocycles. The first-order valence-corrected chi connectivity index (χ1v) is 9.59. The van der Waals surface area contributed by atoms with E-state index in [2.05, 4.69) is 9.88 Å². The Bertz CT molecular complexity index is 1110. The smallest absolute Gasteiger partial charge is 0.231 e. The average molecular weight is 384 g/mol. The fraction of sp³-hybridized carbons (Fsp3) is 0.167. The molecule has 0 amide bonds. The summed E-state index contributed by atoms with van der Waals surface area (Å²) in [5.74, 6) is 1.70. The van der Waals surface area contributed by atoms with Gasteiger partial charge in [-0.15, -0.1) is 0 Å². The summed E-state index contributed by atoms with van der Waals surface area (Å²) in [5.41, 5.74) is 4.62. The molecule has 29 heavy (non-hydrogen) atoms. The minimum absolute atomic E-state index is 0.0824. The van der Waals surface area contributed by atoms with E-state index in [1.807, 2.05) is 55.5 Å². The van der Waals surface area contributed by atoms with Gasteiger partial charge in [0.15, 0.2) is 5.76 Å². The third-order valence-electron chi connectivity index (χ3n) is 5.25. The monoisotopic (exact) mass is 384 g/mol. The highest BCUT2D eigenvalue weighted by Crippen LogP contribution is 2.43. The van der Waals surface area contributed by atoms with Crippen LogP contribution in [0.5, 0.6) is 11.5 Å². The molecular weight excluding hydrogens is 364 g/mol. The van der Waals surface area contributed by atoms with Crippen LogP contribution in [0, 0.1) is 6.92 Å². The van der Waals surface area contributed by atoms with Gasteiger partial charge in [-0.2, -0.15) is 0 Å². The van der Waals surface area contributed by atoms with Gasteiger partial charge in [0.25, 0.3) is 0 Å². The second kappa shape index (κ2) is 7.18. The number of hydrogen-bond donors (Lipinski definition) is 0. The summed E-state index contributed by atoms with van der Waals surface area (Å²) in [7, 11) is 0. The molecule has 0 radical (unpaired) electrons. The summed E-state index contributed by atoms with van der Waals surface area (Å²) in [6.07, 6.45) is 5.38. The highest BCUT2D eigenvalue weighted by atomic mass is 16.5. The van der Waals surface area contributed by atoms with Crippen molar-refractivity contribution in [2.45, 2.75) is 20.0 Å². The lowest BCUT2D eigenvalue weighted by atomic mass is 10.00. The highest BCUT2D eigenvalue weighted by Gasteiger charge is 2.33. The molecule has 0 bridgehead atoms. The molecule has 0 N–H and O–H groups in total. The third-order valence-corrected chi connectivity index (χ3v) is 5.25. The van der Waals surface area contributed by atoms with E-state index in [1.54, 1.807) is 18.5 Å². The van der Waals surface area contributed by atoms with Gasteiger partial charge >= 0.3 is 0 Å². The van der Waals surface area contributed by atoms with Crippen LogP contribution in [0.4, 0.5) is 0 Å². The van der Waals surface area contributed by atoms with Crippen LogP contribution in [0.2, 0.25) is 0 Å². The first-order valence-electron chi connectivity index (χ1n) is 9.59. The largest absolute Gasteiger partial charge is 0.477 e. The molecule has 3 heterocycles. The minimum Gasteiger partial charge on any atom is -0.477 e. The van der Waals surface area contributed by atoms with Gasteiger partial charge in [0.2, 0.25) is 5.78 Å². The Labute approximate surface area is 169 Å². The zero-order chi connectivity index (χ0) is 19.8. The molecule has 5 nitrogen and oxygen atoms in total.